The molecule has 0 spiro atoms. The van der Waals surface area contributed by atoms with E-state index in [1.54, 1.807) is 4.90 Å². The van der Waals surface area contributed by atoms with Crippen LogP contribution in [0.4, 0.5) is 0 Å². The molecule has 0 aromatic carbocycles. The van der Waals surface area contributed by atoms with E-state index in [0.717, 1.165) is 6.04 Å². The number of hydrogen-bond acceptors (Lipinski definition) is 2. The summed E-state index contributed by atoms with van der Waals surface area (Å²) in [6.45, 7) is 0. The van der Waals surface area contributed by atoms with Crippen LogP contribution in [0.2, 0.25) is 0 Å². The van der Waals surface area contributed by atoms with Crippen molar-refractivity contribution in [1.82, 2.24) is 0 Å². The van der Waals surface area contributed by atoms with Gasteiger partial charge in [-0.05, 0) is 25.7 Å². The van der Waals surface area contributed by atoms with Crippen molar-refractivity contribution in [3.63, 3.8) is 0 Å². The molecule has 3 N–H and O–H groups in total. The zero-order valence-corrected chi connectivity index (χ0v) is 10.1. The molecule has 0 radical (unpaired) electrons. The molecule has 1 aliphatic carbocycles. The molecule has 13 heavy (non-hydrogen) atoms. The summed E-state index contributed by atoms with van der Waals surface area (Å²) in [5.41, 5.74) is 4.66. The lowest BCUT2D eigenvalue weighted by atomic mass is 9.95. The van der Waals surface area contributed by atoms with E-state index in [1.807, 2.05) is 0 Å². The van der Waals surface area contributed by atoms with E-state index < -0.39 is 0 Å². The van der Waals surface area contributed by atoms with Crippen LogP contribution in [0.1, 0.15) is 32.1 Å². The summed E-state index contributed by atoms with van der Waals surface area (Å²) in [7, 11) is 4.55. The highest BCUT2D eigenvalue weighted by Crippen LogP contribution is 2.14. The van der Waals surface area contributed by atoms with Gasteiger partial charge in [0.25, 0.3) is 0 Å². The minimum absolute atomic E-state index is 0.0833. The van der Waals surface area contributed by atoms with E-state index in [4.69, 9.17) is 0 Å². The van der Waals surface area contributed by atoms with Gasteiger partial charge in [-0.1, -0.05) is 10.7 Å². The SMILES string of the molecule is C[NH+](C)C1CCCCC1.NC(=S)[S-]. The van der Waals surface area contributed by atoms with E-state index in [1.165, 1.54) is 32.1 Å². The number of hydrogen-bond donors (Lipinski definition) is 2. The Morgan fingerprint density at radius 2 is 1.69 bits per heavy atom. The largest absolute Gasteiger partial charge is 0.415 e. The van der Waals surface area contributed by atoms with Gasteiger partial charge in [0.05, 0.1) is 20.1 Å². The molecule has 0 atom stereocenters. The molecule has 1 saturated carbocycles. The van der Waals surface area contributed by atoms with Gasteiger partial charge in [-0.2, -0.15) is 0 Å². The topological polar surface area (TPSA) is 30.5 Å². The molecule has 0 bridgehead atoms. The van der Waals surface area contributed by atoms with Crippen molar-refractivity contribution in [2.24, 2.45) is 5.73 Å². The van der Waals surface area contributed by atoms with E-state index in [2.05, 4.69) is 44.7 Å². The lowest BCUT2D eigenvalue weighted by Crippen LogP contribution is -3.10. The number of quaternary nitrogens is 1. The number of thiocarbonyl (C=S) groups is 1. The maximum atomic E-state index is 4.66. The van der Waals surface area contributed by atoms with Crippen molar-refractivity contribution in [2.45, 2.75) is 38.1 Å². The first-order chi connectivity index (χ1) is 6.04. The normalized spacial score (nSPS) is 17.8. The fourth-order valence-electron chi connectivity index (χ4n) is 1.68. The molecule has 0 saturated heterocycles. The highest BCUT2D eigenvalue weighted by atomic mass is 32.1. The minimum atomic E-state index is 0.0833. The molecule has 0 aromatic rings. The van der Waals surface area contributed by atoms with Crippen molar-refractivity contribution in [1.29, 1.82) is 0 Å². The van der Waals surface area contributed by atoms with Gasteiger partial charge in [0, 0.05) is 0 Å². The number of nitrogens with one attached hydrogen (secondary N) is 1. The molecule has 0 unspecified atom stereocenters. The second-order valence-electron chi connectivity index (χ2n) is 3.73. The number of nitrogens with two attached hydrogens (primary N) is 1. The lowest BCUT2D eigenvalue weighted by Gasteiger charge is -2.24. The third kappa shape index (κ3) is 8.40. The van der Waals surface area contributed by atoms with E-state index in [9.17, 15) is 0 Å². The molecule has 0 aromatic heterocycles. The van der Waals surface area contributed by atoms with Crippen LogP contribution in [0.25, 0.3) is 0 Å². The van der Waals surface area contributed by atoms with Crippen LogP contribution in [-0.2, 0) is 12.6 Å². The molecular weight excluding hydrogens is 200 g/mol. The first kappa shape index (κ1) is 13.1. The average Bonchev–Trinajstić information content (AvgIpc) is 2.05. The van der Waals surface area contributed by atoms with E-state index >= 15 is 0 Å². The van der Waals surface area contributed by atoms with Crippen molar-refractivity contribution in [3.05, 3.63) is 0 Å². The maximum Gasteiger partial charge on any atom is 0.0870 e. The van der Waals surface area contributed by atoms with Crippen molar-refractivity contribution in [3.8, 4) is 0 Å². The van der Waals surface area contributed by atoms with Gasteiger partial charge in [0.2, 0.25) is 0 Å². The first-order valence-electron chi connectivity index (χ1n) is 4.80. The fourth-order valence-corrected chi connectivity index (χ4v) is 1.68. The Bertz CT molecular complexity index is 139. The highest BCUT2D eigenvalue weighted by molar-refractivity contribution is 8.00. The van der Waals surface area contributed by atoms with Crippen LogP contribution >= 0.6 is 12.2 Å². The van der Waals surface area contributed by atoms with E-state index in [-0.39, 0.29) is 4.32 Å². The van der Waals surface area contributed by atoms with Crippen molar-refractivity contribution < 1.29 is 4.90 Å². The Kier molecular flexibility index (Phi) is 7.51. The Morgan fingerprint density at radius 1 is 1.31 bits per heavy atom. The summed E-state index contributed by atoms with van der Waals surface area (Å²) in [5.74, 6) is 0. The third-order valence-electron chi connectivity index (χ3n) is 2.42. The fraction of sp³-hybridized carbons (Fsp3) is 0.889. The number of rotatable bonds is 1. The van der Waals surface area contributed by atoms with Gasteiger partial charge in [-0.3, -0.25) is 0 Å². The van der Waals surface area contributed by atoms with Crippen LogP contribution in [0.3, 0.4) is 0 Å². The summed E-state index contributed by atoms with van der Waals surface area (Å²) in [4.78, 5) is 1.65. The molecule has 2 nitrogen and oxygen atoms in total. The summed E-state index contributed by atoms with van der Waals surface area (Å²) in [6, 6.07) is 0.971. The zero-order valence-electron chi connectivity index (χ0n) is 8.51. The van der Waals surface area contributed by atoms with Crippen molar-refractivity contribution in [2.75, 3.05) is 14.1 Å². The molecule has 1 aliphatic rings. The highest BCUT2D eigenvalue weighted by Gasteiger charge is 2.17. The summed E-state index contributed by atoms with van der Waals surface area (Å²) >= 11 is 8.26. The summed E-state index contributed by atoms with van der Waals surface area (Å²) < 4.78 is 0.0833. The molecule has 1 rings (SSSR count). The Morgan fingerprint density at radius 3 is 1.92 bits per heavy atom. The molecule has 0 heterocycles. The molecule has 78 valence electrons. The summed E-state index contributed by atoms with van der Waals surface area (Å²) in [5, 5.41) is 0. The third-order valence-corrected chi connectivity index (χ3v) is 2.42. The van der Waals surface area contributed by atoms with Crippen LogP contribution in [0, 0.1) is 0 Å². The summed E-state index contributed by atoms with van der Waals surface area (Å²) in [6.07, 6.45) is 7.33. The Hall–Kier alpha value is 0.0700. The molecule has 4 heteroatoms. The Labute approximate surface area is 92.3 Å². The minimum Gasteiger partial charge on any atom is -0.415 e. The monoisotopic (exact) mass is 220 g/mol. The predicted molar refractivity (Wildman–Crippen MR) is 63.8 cm³/mol. The standard InChI is InChI=1S/C8H17N.CH3NS2/c1-9(2)8-6-4-3-5-7-8;2-1(3)4/h8H,3-7H2,1-2H3;(H3,2,3,4). The maximum absolute atomic E-state index is 4.66. The van der Waals surface area contributed by atoms with Gasteiger partial charge in [0.15, 0.2) is 0 Å². The molecule has 0 aliphatic heterocycles. The van der Waals surface area contributed by atoms with Gasteiger partial charge < -0.3 is 35.5 Å². The first-order valence-corrected chi connectivity index (χ1v) is 5.62. The van der Waals surface area contributed by atoms with Crippen LogP contribution in [-0.4, -0.2) is 24.5 Å². The van der Waals surface area contributed by atoms with Gasteiger partial charge in [-0.25, -0.2) is 0 Å². The second kappa shape index (κ2) is 7.47. The second-order valence-corrected chi connectivity index (χ2v) is 4.87. The van der Waals surface area contributed by atoms with Gasteiger partial charge in [0.1, 0.15) is 0 Å². The predicted octanol–water partition coefficient (Wildman–Crippen LogP) is 0.241. The quantitative estimate of drug-likeness (QED) is 0.490. The van der Waals surface area contributed by atoms with Gasteiger partial charge >= 0.3 is 0 Å². The molecular formula is C9H20N2S2. The van der Waals surface area contributed by atoms with E-state index in [0.29, 0.717) is 0 Å². The lowest BCUT2D eigenvalue weighted by molar-refractivity contribution is -0.887. The van der Waals surface area contributed by atoms with Crippen molar-refractivity contribution >= 4 is 29.2 Å². The Balaban J connectivity index is 0.000000310. The smallest absolute Gasteiger partial charge is 0.0870 e. The van der Waals surface area contributed by atoms with Crippen LogP contribution in [0.5, 0.6) is 0 Å². The molecule has 0 amide bonds. The zero-order chi connectivity index (χ0) is 10.3. The average molecular weight is 220 g/mol. The molecule has 1 fully saturated rings. The van der Waals surface area contributed by atoms with Crippen LogP contribution < -0.4 is 10.6 Å². The van der Waals surface area contributed by atoms with Crippen LogP contribution in [0.15, 0.2) is 0 Å². The van der Waals surface area contributed by atoms with Gasteiger partial charge in [-0.15, -0.1) is 0 Å².